The highest BCUT2D eigenvalue weighted by Gasteiger charge is 2.34. The van der Waals surface area contributed by atoms with Crippen LogP contribution in [-0.2, 0) is 0 Å². The summed E-state index contributed by atoms with van der Waals surface area (Å²) in [7, 11) is 0. The Labute approximate surface area is 201 Å². The van der Waals surface area contributed by atoms with Crippen LogP contribution in [0.25, 0.3) is 32.8 Å². The van der Waals surface area contributed by atoms with E-state index in [2.05, 4.69) is 40.6 Å². The minimum Gasteiger partial charge on any atom is -0.321 e. The molecular formula is C31H18N2O2. The molecular weight excluding hydrogens is 432 g/mol. The molecule has 4 heteroatoms. The predicted molar refractivity (Wildman–Crippen MR) is 139 cm³/mol. The number of benzene rings is 5. The van der Waals surface area contributed by atoms with Crippen molar-refractivity contribution in [1.29, 1.82) is 0 Å². The first-order chi connectivity index (χ1) is 17.2. The fraction of sp³-hybridized carbons (Fsp3) is 0. The van der Waals surface area contributed by atoms with E-state index in [0.29, 0.717) is 22.5 Å². The third-order valence-corrected chi connectivity index (χ3v) is 6.81. The maximum Gasteiger partial charge on any atom is 0.278 e. The molecule has 2 amide bonds. The van der Waals surface area contributed by atoms with Crippen LogP contribution < -0.4 is 5.32 Å². The predicted octanol–water partition coefficient (Wildman–Crippen LogP) is 6.25. The summed E-state index contributed by atoms with van der Waals surface area (Å²) < 4.78 is 0. The first kappa shape index (κ1) is 19.6. The Kier molecular flexibility index (Phi) is 4.11. The van der Waals surface area contributed by atoms with Crippen molar-refractivity contribution in [2.75, 3.05) is 0 Å². The van der Waals surface area contributed by atoms with Crippen molar-refractivity contribution in [3.05, 3.63) is 131 Å². The maximum absolute atomic E-state index is 13.0. The highest BCUT2D eigenvalue weighted by Crippen LogP contribution is 2.42. The maximum atomic E-state index is 13.0. The number of nitrogens with one attached hydrogen (secondary N) is 1. The summed E-state index contributed by atoms with van der Waals surface area (Å²) in [5, 5.41) is 7.34. The number of hydrogen-bond acceptors (Lipinski definition) is 2. The van der Waals surface area contributed by atoms with Gasteiger partial charge in [-0.25, -0.2) is 4.99 Å². The lowest BCUT2D eigenvalue weighted by atomic mass is 9.85. The van der Waals surface area contributed by atoms with Crippen LogP contribution in [0.5, 0.6) is 0 Å². The third-order valence-electron chi connectivity index (χ3n) is 6.81. The van der Waals surface area contributed by atoms with Gasteiger partial charge >= 0.3 is 0 Å². The number of fused-ring (bicyclic) bond motifs is 4. The van der Waals surface area contributed by atoms with Gasteiger partial charge in [0.25, 0.3) is 11.8 Å². The van der Waals surface area contributed by atoms with Crippen LogP contribution in [0.1, 0.15) is 37.4 Å². The van der Waals surface area contributed by atoms with Gasteiger partial charge in [-0.15, -0.1) is 0 Å². The van der Waals surface area contributed by atoms with Gasteiger partial charge in [-0.2, -0.15) is 0 Å². The van der Waals surface area contributed by atoms with E-state index in [-0.39, 0.29) is 11.8 Å². The van der Waals surface area contributed by atoms with E-state index in [4.69, 9.17) is 0 Å². The van der Waals surface area contributed by atoms with E-state index >= 15 is 0 Å². The zero-order chi connectivity index (χ0) is 23.5. The largest absolute Gasteiger partial charge is 0.321 e. The first-order valence-electron chi connectivity index (χ1n) is 11.5. The van der Waals surface area contributed by atoms with E-state index in [1.807, 2.05) is 66.7 Å². The van der Waals surface area contributed by atoms with Gasteiger partial charge in [-0.05, 0) is 39.7 Å². The molecule has 2 aliphatic heterocycles. The first-order valence-corrected chi connectivity index (χ1v) is 11.5. The lowest BCUT2D eigenvalue weighted by molar-refractivity contribution is 0.0978. The summed E-state index contributed by atoms with van der Waals surface area (Å²) in [6, 6.07) is 33.6. The fourth-order valence-corrected chi connectivity index (χ4v) is 5.28. The standard InChI is InChI=1S/C31H18N2O2/c34-30-24-15-7-5-13-22(24)28(32-30)27(29-23-14-6-8-16-25(23)31(35)33-29)26-20-11-3-1-9-18(20)17-19-10-2-4-12-21(19)26/h1-17H,(H,32,34). The zero-order valence-corrected chi connectivity index (χ0v) is 18.6. The van der Waals surface area contributed by atoms with Crippen molar-refractivity contribution >= 4 is 50.3 Å². The number of hydrogen-bond donors (Lipinski definition) is 1. The molecule has 0 fully saturated rings. The molecule has 2 heterocycles. The molecule has 2 aliphatic rings. The van der Waals surface area contributed by atoms with Crippen molar-refractivity contribution in [1.82, 2.24) is 5.32 Å². The lowest BCUT2D eigenvalue weighted by Gasteiger charge is -2.19. The van der Waals surface area contributed by atoms with Crippen LogP contribution in [-0.4, -0.2) is 17.5 Å². The molecule has 7 rings (SSSR count). The molecule has 0 saturated heterocycles. The van der Waals surface area contributed by atoms with Gasteiger partial charge in [-0.1, -0.05) is 84.9 Å². The molecule has 0 unspecified atom stereocenters. The van der Waals surface area contributed by atoms with Crippen LogP contribution in [0.15, 0.2) is 108 Å². The van der Waals surface area contributed by atoms with Crippen molar-refractivity contribution < 1.29 is 9.59 Å². The normalized spacial score (nSPS) is 15.7. The summed E-state index contributed by atoms with van der Waals surface area (Å²) in [4.78, 5) is 30.5. The van der Waals surface area contributed by atoms with Gasteiger partial charge in [-0.3, -0.25) is 9.59 Å². The highest BCUT2D eigenvalue weighted by atomic mass is 16.2. The van der Waals surface area contributed by atoms with E-state index in [1.54, 1.807) is 6.07 Å². The van der Waals surface area contributed by atoms with Gasteiger partial charge < -0.3 is 5.32 Å². The molecule has 0 bridgehead atoms. The molecule has 1 N–H and O–H groups in total. The zero-order valence-electron chi connectivity index (χ0n) is 18.6. The number of nitrogens with zero attached hydrogens (tertiary/aromatic N) is 1. The number of carbonyl (C=O) groups is 2. The summed E-state index contributed by atoms with van der Waals surface area (Å²) >= 11 is 0. The fourth-order valence-electron chi connectivity index (χ4n) is 5.28. The minimum absolute atomic E-state index is 0.157. The Hall–Kier alpha value is -4.83. The number of allylic oxidation sites excluding steroid dienone is 1. The van der Waals surface area contributed by atoms with Gasteiger partial charge in [0, 0.05) is 27.8 Å². The molecule has 0 saturated carbocycles. The molecule has 0 radical (unpaired) electrons. The topological polar surface area (TPSA) is 58.5 Å². The van der Waals surface area contributed by atoms with Crippen molar-refractivity contribution in [2.45, 2.75) is 0 Å². The summed E-state index contributed by atoms with van der Waals surface area (Å²) in [6.45, 7) is 0. The van der Waals surface area contributed by atoms with Crippen LogP contribution in [0.3, 0.4) is 0 Å². The number of rotatable bonds is 2. The summed E-state index contributed by atoms with van der Waals surface area (Å²) in [5.41, 5.74) is 5.74. The Morgan fingerprint density at radius 3 is 1.83 bits per heavy atom. The molecule has 5 aromatic rings. The van der Waals surface area contributed by atoms with Crippen LogP contribution in [0.4, 0.5) is 0 Å². The van der Waals surface area contributed by atoms with Gasteiger partial charge in [0.15, 0.2) is 0 Å². The molecule has 0 aliphatic carbocycles. The van der Waals surface area contributed by atoms with Gasteiger partial charge in [0.05, 0.1) is 17.0 Å². The molecule has 0 aromatic heterocycles. The SMILES string of the molecule is O=C1N=C(C(=C2NC(=O)c3ccccc32)c2c3ccccc3cc3ccccc23)c2ccccc21. The second kappa shape index (κ2) is 7.34. The van der Waals surface area contributed by atoms with Crippen molar-refractivity contribution in [2.24, 2.45) is 4.99 Å². The number of amides is 2. The van der Waals surface area contributed by atoms with Crippen molar-refractivity contribution in [3.63, 3.8) is 0 Å². The van der Waals surface area contributed by atoms with Crippen LogP contribution in [0, 0.1) is 0 Å². The molecule has 35 heavy (non-hydrogen) atoms. The van der Waals surface area contributed by atoms with E-state index < -0.39 is 0 Å². The summed E-state index contributed by atoms with van der Waals surface area (Å²) in [6.07, 6.45) is 0. The molecule has 0 spiro atoms. The second-order valence-corrected chi connectivity index (χ2v) is 8.75. The minimum atomic E-state index is -0.268. The number of carbonyl (C=O) groups excluding carboxylic acids is 2. The monoisotopic (exact) mass is 450 g/mol. The van der Waals surface area contributed by atoms with E-state index in [1.165, 1.54) is 0 Å². The Morgan fingerprint density at radius 1 is 0.600 bits per heavy atom. The smallest absolute Gasteiger partial charge is 0.278 e. The molecule has 5 aromatic carbocycles. The molecule has 164 valence electrons. The van der Waals surface area contributed by atoms with E-state index in [9.17, 15) is 9.59 Å². The van der Waals surface area contributed by atoms with Crippen molar-refractivity contribution in [3.8, 4) is 0 Å². The third kappa shape index (κ3) is 2.83. The van der Waals surface area contributed by atoms with Gasteiger partial charge in [0.2, 0.25) is 0 Å². The molecule has 0 atom stereocenters. The van der Waals surface area contributed by atoms with Crippen LogP contribution >= 0.6 is 0 Å². The Balaban J connectivity index is 1.69. The van der Waals surface area contributed by atoms with Gasteiger partial charge in [0.1, 0.15) is 0 Å². The van der Waals surface area contributed by atoms with E-state index in [0.717, 1.165) is 43.8 Å². The summed E-state index contributed by atoms with van der Waals surface area (Å²) in [5.74, 6) is -0.424. The Morgan fingerprint density at radius 2 is 1.14 bits per heavy atom. The molecule has 4 nitrogen and oxygen atoms in total. The average molecular weight is 450 g/mol. The second-order valence-electron chi connectivity index (χ2n) is 8.75. The Bertz CT molecular complexity index is 1760. The average Bonchev–Trinajstić information content (AvgIpc) is 3.41. The quantitative estimate of drug-likeness (QED) is 0.323. The van der Waals surface area contributed by atoms with Crippen LogP contribution in [0.2, 0.25) is 0 Å². The number of aliphatic imine (C=N–C) groups is 1. The highest BCUT2D eigenvalue weighted by molar-refractivity contribution is 6.46. The lowest BCUT2D eigenvalue weighted by Crippen LogP contribution is -2.16.